The number of carbonyl (C=O) groups excluding carboxylic acids is 2. The van der Waals surface area contributed by atoms with Crippen molar-refractivity contribution in [3.63, 3.8) is 0 Å². The molecule has 0 N–H and O–H groups in total. The normalized spacial score (nSPS) is 30.6. The minimum absolute atomic E-state index is 0.0984. The fourth-order valence-corrected chi connectivity index (χ4v) is 1.35. The van der Waals surface area contributed by atoms with E-state index in [-0.39, 0.29) is 29.3 Å². The molecule has 1 aliphatic carbocycles. The second kappa shape index (κ2) is 2.43. The van der Waals surface area contributed by atoms with Gasteiger partial charge < -0.3 is 0 Å². The summed E-state index contributed by atoms with van der Waals surface area (Å²) in [7, 11) is 0. The largest absolute Gasteiger partial charge is 0.299 e. The number of ketones is 2. The van der Waals surface area contributed by atoms with Crippen molar-refractivity contribution >= 4 is 11.6 Å². The van der Waals surface area contributed by atoms with Crippen molar-refractivity contribution < 1.29 is 9.59 Å². The van der Waals surface area contributed by atoms with Gasteiger partial charge in [0.25, 0.3) is 0 Å². The second-order valence-corrected chi connectivity index (χ2v) is 3.97. The van der Waals surface area contributed by atoms with E-state index in [2.05, 4.69) is 0 Å². The van der Waals surface area contributed by atoms with Gasteiger partial charge in [0.1, 0.15) is 11.6 Å². The predicted molar refractivity (Wildman–Crippen MR) is 42.2 cm³/mol. The van der Waals surface area contributed by atoms with Crippen LogP contribution in [0.1, 0.15) is 33.6 Å². The Morgan fingerprint density at radius 2 is 1.91 bits per heavy atom. The monoisotopic (exact) mass is 154 g/mol. The molecule has 1 unspecified atom stereocenters. The Morgan fingerprint density at radius 1 is 1.36 bits per heavy atom. The highest BCUT2D eigenvalue weighted by atomic mass is 16.2. The van der Waals surface area contributed by atoms with Crippen molar-refractivity contribution in [3.8, 4) is 0 Å². The molecule has 0 aromatic heterocycles. The Bertz CT molecular complexity index is 204. The lowest BCUT2D eigenvalue weighted by molar-refractivity contribution is -0.139. The third-order valence-corrected chi connectivity index (χ3v) is 2.84. The van der Waals surface area contributed by atoms with Crippen LogP contribution >= 0.6 is 0 Å². The Balaban J connectivity index is 2.84. The zero-order valence-corrected chi connectivity index (χ0v) is 7.31. The third kappa shape index (κ3) is 1.35. The number of Topliss-reactive ketones (excluding diaryl/α,β-unsaturated/α-hetero) is 2. The van der Waals surface area contributed by atoms with Crippen molar-refractivity contribution in [2.24, 2.45) is 11.3 Å². The maximum absolute atomic E-state index is 11.3. The van der Waals surface area contributed by atoms with E-state index in [1.807, 2.05) is 20.8 Å². The van der Waals surface area contributed by atoms with Gasteiger partial charge in [0.15, 0.2) is 0 Å². The molecule has 1 aliphatic rings. The summed E-state index contributed by atoms with van der Waals surface area (Å²) in [6, 6.07) is 0. The van der Waals surface area contributed by atoms with E-state index < -0.39 is 0 Å². The molecule has 0 heterocycles. The Hall–Kier alpha value is -0.660. The van der Waals surface area contributed by atoms with Crippen molar-refractivity contribution in [1.29, 1.82) is 0 Å². The van der Waals surface area contributed by atoms with E-state index in [4.69, 9.17) is 0 Å². The van der Waals surface area contributed by atoms with Gasteiger partial charge in [-0.3, -0.25) is 9.59 Å². The fourth-order valence-electron chi connectivity index (χ4n) is 1.35. The number of rotatable bonds is 0. The van der Waals surface area contributed by atoms with Crippen LogP contribution in [0.3, 0.4) is 0 Å². The van der Waals surface area contributed by atoms with Gasteiger partial charge in [-0.25, -0.2) is 0 Å². The summed E-state index contributed by atoms with van der Waals surface area (Å²) >= 11 is 0. The van der Waals surface area contributed by atoms with Gasteiger partial charge >= 0.3 is 0 Å². The van der Waals surface area contributed by atoms with Gasteiger partial charge in [-0.1, -0.05) is 20.8 Å². The van der Waals surface area contributed by atoms with Gasteiger partial charge in [0, 0.05) is 11.8 Å². The lowest BCUT2D eigenvalue weighted by atomic mass is 9.68. The Morgan fingerprint density at radius 3 is 2.36 bits per heavy atom. The molecule has 1 atom stereocenters. The van der Waals surface area contributed by atoms with E-state index in [1.165, 1.54) is 0 Å². The average molecular weight is 154 g/mol. The van der Waals surface area contributed by atoms with Gasteiger partial charge in [-0.05, 0) is 5.92 Å². The maximum Gasteiger partial charge on any atom is 0.146 e. The summed E-state index contributed by atoms with van der Waals surface area (Å²) in [6.07, 6.45) is 0.718. The van der Waals surface area contributed by atoms with Crippen LogP contribution in [0.15, 0.2) is 0 Å². The zero-order chi connectivity index (χ0) is 8.65. The molecule has 62 valence electrons. The molecule has 0 spiro atoms. The lowest BCUT2D eigenvalue weighted by Crippen LogP contribution is -2.38. The van der Waals surface area contributed by atoms with Crippen LogP contribution in [0, 0.1) is 11.3 Å². The zero-order valence-electron chi connectivity index (χ0n) is 7.31. The molecule has 0 saturated heterocycles. The van der Waals surface area contributed by atoms with E-state index in [1.54, 1.807) is 0 Å². The molecule has 0 aromatic carbocycles. The molecule has 2 nitrogen and oxygen atoms in total. The van der Waals surface area contributed by atoms with E-state index in [0.29, 0.717) is 6.42 Å². The van der Waals surface area contributed by atoms with E-state index >= 15 is 0 Å². The van der Waals surface area contributed by atoms with Crippen LogP contribution in [-0.2, 0) is 9.59 Å². The first-order chi connectivity index (χ1) is 4.94. The molecule has 0 aliphatic heterocycles. The van der Waals surface area contributed by atoms with Crippen LogP contribution in [0.4, 0.5) is 0 Å². The van der Waals surface area contributed by atoms with Gasteiger partial charge in [-0.15, -0.1) is 0 Å². The first kappa shape index (κ1) is 8.44. The van der Waals surface area contributed by atoms with Crippen LogP contribution < -0.4 is 0 Å². The first-order valence-corrected chi connectivity index (χ1v) is 3.99. The molecular formula is C9H14O2. The van der Waals surface area contributed by atoms with Crippen molar-refractivity contribution in [3.05, 3.63) is 0 Å². The molecule has 0 radical (unpaired) electrons. The molecule has 1 rings (SSSR count). The molecule has 0 aromatic rings. The SMILES string of the molecule is CC1CC(=O)CC(=O)C1(C)C. The van der Waals surface area contributed by atoms with Crippen molar-refractivity contribution in [1.82, 2.24) is 0 Å². The van der Waals surface area contributed by atoms with Gasteiger partial charge in [-0.2, -0.15) is 0 Å². The molecule has 0 amide bonds. The number of hydrogen-bond acceptors (Lipinski definition) is 2. The minimum atomic E-state index is -0.284. The van der Waals surface area contributed by atoms with Crippen LogP contribution in [0.25, 0.3) is 0 Å². The van der Waals surface area contributed by atoms with Gasteiger partial charge in [0.2, 0.25) is 0 Å². The highest BCUT2D eigenvalue weighted by Crippen LogP contribution is 2.35. The molecule has 1 fully saturated rings. The topological polar surface area (TPSA) is 34.1 Å². The highest BCUT2D eigenvalue weighted by molar-refractivity contribution is 6.04. The van der Waals surface area contributed by atoms with Crippen LogP contribution in [0.2, 0.25) is 0 Å². The summed E-state index contributed by atoms with van der Waals surface area (Å²) < 4.78 is 0. The standard InChI is InChI=1S/C9H14O2/c1-6-4-7(10)5-8(11)9(6,2)3/h6H,4-5H2,1-3H3. The Labute approximate surface area is 67.0 Å². The number of hydrogen-bond donors (Lipinski definition) is 0. The van der Waals surface area contributed by atoms with E-state index in [0.717, 1.165) is 0 Å². The lowest BCUT2D eigenvalue weighted by Gasteiger charge is -2.33. The highest BCUT2D eigenvalue weighted by Gasteiger charge is 2.39. The summed E-state index contributed by atoms with van der Waals surface area (Å²) in [5.74, 6) is 0.402. The van der Waals surface area contributed by atoms with Crippen LogP contribution in [0.5, 0.6) is 0 Å². The smallest absolute Gasteiger partial charge is 0.146 e. The molecular weight excluding hydrogens is 140 g/mol. The predicted octanol–water partition coefficient (Wildman–Crippen LogP) is 1.58. The quantitative estimate of drug-likeness (QED) is 0.496. The van der Waals surface area contributed by atoms with E-state index in [9.17, 15) is 9.59 Å². The van der Waals surface area contributed by atoms with Crippen molar-refractivity contribution in [2.45, 2.75) is 33.6 Å². The van der Waals surface area contributed by atoms with Gasteiger partial charge in [0.05, 0.1) is 6.42 Å². The summed E-state index contributed by atoms with van der Waals surface area (Å²) in [5, 5.41) is 0. The fraction of sp³-hybridized carbons (Fsp3) is 0.778. The second-order valence-electron chi connectivity index (χ2n) is 3.97. The van der Waals surface area contributed by atoms with Crippen molar-refractivity contribution in [2.75, 3.05) is 0 Å². The summed E-state index contributed by atoms with van der Waals surface area (Å²) in [6.45, 7) is 5.81. The van der Waals surface area contributed by atoms with Crippen LogP contribution in [-0.4, -0.2) is 11.6 Å². The molecule has 2 heteroatoms. The average Bonchev–Trinajstić information content (AvgIpc) is 1.84. The molecule has 0 bridgehead atoms. The summed E-state index contributed by atoms with van der Waals surface area (Å²) in [4.78, 5) is 22.3. The number of carbonyl (C=O) groups is 2. The summed E-state index contributed by atoms with van der Waals surface area (Å²) in [5.41, 5.74) is -0.284. The third-order valence-electron chi connectivity index (χ3n) is 2.84. The molecule has 11 heavy (non-hydrogen) atoms. The first-order valence-electron chi connectivity index (χ1n) is 3.99. The minimum Gasteiger partial charge on any atom is -0.299 e. The Kier molecular flexibility index (Phi) is 1.87. The maximum atomic E-state index is 11.3. The molecule has 1 saturated carbocycles.